The first-order valence-corrected chi connectivity index (χ1v) is 8.74. The third-order valence-corrected chi connectivity index (χ3v) is 4.75. The summed E-state index contributed by atoms with van der Waals surface area (Å²) >= 11 is 0. The lowest BCUT2D eigenvalue weighted by Crippen LogP contribution is -2.36. The molecule has 4 rings (SSSR count). The minimum Gasteiger partial charge on any atom is -0.386 e. The minimum atomic E-state index is -0.656. The van der Waals surface area contributed by atoms with Crippen molar-refractivity contribution in [1.82, 2.24) is 10.3 Å². The number of aliphatic hydroxyl groups is 1. The Labute approximate surface area is 152 Å². The smallest absolute Gasteiger partial charge is 0.0991 e. The zero-order valence-corrected chi connectivity index (χ0v) is 14.3. The fraction of sp³-hybridized carbons (Fsp3) is 0.182. The Hall–Kier alpha value is -3.00. The van der Waals surface area contributed by atoms with Gasteiger partial charge in [-0.15, -0.1) is 0 Å². The monoisotopic (exact) mass is 341 g/mol. The molecule has 1 aliphatic rings. The van der Waals surface area contributed by atoms with Gasteiger partial charge in [0.25, 0.3) is 0 Å². The van der Waals surface area contributed by atoms with E-state index in [-0.39, 0.29) is 6.04 Å². The molecule has 128 valence electrons. The highest BCUT2D eigenvalue weighted by atomic mass is 16.3. The Bertz CT molecular complexity index is 1000. The number of benzene rings is 2. The maximum Gasteiger partial charge on any atom is 0.0991 e. The summed E-state index contributed by atoms with van der Waals surface area (Å²) in [5.41, 5.74) is 4.05. The van der Waals surface area contributed by atoms with Gasteiger partial charge in [0.15, 0.2) is 0 Å². The van der Waals surface area contributed by atoms with Gasteiger partial charge in [0.1, 0.15) is 0 Å². The number of fused-ring (bicyclic) bond motifs is 1. The molecule has 0 radical (unpaired) electrons. The molecule has 0 unspecified atom stereocenters. The van der Waals surface area contributed by atoms with Crippen molar-refractivity contribution in [2.45, 2.75) is 18.6 Å². The average Bonchev–Trinajstić information content (AvgIpc) is 2.73. The van der Waals surface area contributed by atoms with Crippen LogP contribution in [0.3, 0.4) is 0 Å². The van der Waals surface area contributed by atoms with Gasteiger partial charge in [-0.3, -0.25) is 0 Å². The standard InChI is InChI=1S/C22H19N3O/c23-14-15-8-10-16(11-9-15)21-13-18(17-5-1-2-6-19(17)25-21)22(26)20-7-3-4-12-24-20/h1-3,5-11,13,20,22,24,26H,4,12H2/t20-,22-/m1/s1. The predicted octanol–water partition coefficient (Wildman–Crippen LogP) is 3.72. The molecule has 2 heterocycles. The molecule has 26 heavy (non-hydrogen) atoms. The number of nitrogens with one attached hydrogen (secondary N) is 1. The van der Waals surface area contributed by atoms with E-state index in [0.717, 1.165) is 40.7 Å². The molecule has 0 fully saturated rings. The summed E-state index contributed by atoms with van der Waals surface area (Å²) in [6.07, 6.45) is 4.47. The summed E-state index contributed by atoms with van der Waals surface area (Å²) in [6.45, 7) is 0.865. The SMILES string of the molecule is N#Cc1ccc(-c2cc([C@@H](O)[C@H]3C=CCCN3)c3ccccc3n2)cc1. The number of nitrogens with zero attached hydrogens (tertiary/aromatic N) is 2. The maximum atomic E-state index is 11.0. The summed E-state index contributed by atoms with van der Waals surface area (Å²) in [7, 11) is 0. The van der Waals surface area contributed by atoms with Crippen molar-refractivity contribution in [2.75, 3.05) is 6.54 Å². The molecule has 2 atom stereocenters. The van der Waals surface area contributed by atoms with Crippen LogP contribution < -0.4 is 5.32 Å². The lowest BCUT2D eigenvalue weighted by atomic mass is 9.94. The Kier molecular flexibility index (Phi) is 4.49. The fourth-order valence-electron chi connectivity index (χ4n) is 3.36. The fourth-order valence-corrected chi connectivity index (χ4v) is 3.36. The molecule has 4 heteroatoms. The van der Waals surface area contributed by atoms with Crippen LogP contribution in [-0.4, -0.2) is 22.7 Å². The highest BCUT2D eigenvalue weighted by Gasteiger charge is 2.22. The summed E-state index contributed by atoms with van der Waals surface area (Å²) in [6, 6.07) is 19.2. The van der Waals surface area contributed by atoms with Crippen molar-refractivity contribution in [3.8, 4) is 17.3 Å². The number of hydrogen-bond acceptors (Lipinski definition) is 4. The second-order valence-corrected chi connectivity index (χ2v) is 6.44. The zero-order valence-electron chi connectivity index (χ0n) is 14.3. The van der Waals surface area contributed by atoms with E-state index in [1.54, 1.807) is 12.1 Å². The molecule has 2 N–H and O–H groups in total. The zero-order chi connectivity index (χ0) is 17.9. The number of aromatic nitrogens is 1. The second-order valence-electron chi connectivity index (χ2n) is 6.44. The Morgan fingerprint density at radius 2 is 1.96 bits per heavy atom. The van der Waals surface area contributed by atoms with Gasteiger partial charge < -0.3 is 10.4 Å². The van der Waals surface area contributed by atoms with E-state index in [0.29, 0.717) is 5.56 Å². The molecule has 1 aromatic heterocycles. The Balaban J connectivity index is 1.83. The number of hydrogen-bond donors (Lipinski definition) is 2. The molecule has 0 saturated carbocycles. The summed E-state index contributed by atoms with van der Waals surface area (Å²) < 4.78 is 0. The van der Waals surface area contributed by atoms with Gasteiger partial charge in [-0.2, -0.15) is 5.26 Å². The first kappa shape index (κ1) is 16.5. The lowest BCUT2D eigenvalue weighted by molar-refractivity contribution is 0.147. The van der Waals surface area contributed by atoms with Gasteiger partial charge in [0, 0.05) is 10.9 Å². The van der Waals surface area contributed by atoms with Crippen LogP contribution in [0.4, 0.5) is 0 Å². The highest BCUT2D eigenvalue weighted by Crippen LogP contribution is 2.31. The molecular weight excluding hydrogens is 322 g/mol. The average molecular weight is 341 g/mol. The largest absolute Gasteiger partial charge is 0.386 e. The van der Waals surface area contributed by atoms with Gasteiger partial charge >= 0.3 is 0 Å². The van der Waals surface area contributed by atoms with E-state index in [4.69, 9.17) is 10.2 Å². The van der Waals surface area contributed by atoms with Crippen molar-refractivity contribution >= 4 is 10.9 Å². The van der Waals surface area contributed by atoms with Crippen molar-refractivity contribution in [3.63, 3.8) is 0 Å². The van der Waals surface area contributed by atoms with E-state index >= 15 is 0 Å². The third kappa shape index (κ3) is 3.11. The quantitative estimate of drug-likeness (QED) is 0.712. The predicted molar refractivity (Wildman–Crippen MR) is 102 cm³/mol. The first-order valence-electron chi connectivity index (χ1n) is 8.74. The molecule has 0 bridgehead atoms. The van der Waals surface area contributed by atoms with Crippen molar-refractivity contribution < 1.29 is 5.11 Å². The van der Waals surface area contributed by atoms with Gasteiger partial charge in [-0.25, -0.2) is 4.98 Å². The van der Waals surface area contributed by atoms with Crippen LogP contribution in [0.25, 0.3) is 22.2 Å². The van der Waals surface area contributed by atoms with Crippen LogP contribution in [0, 0.1) is 11.3 Å². The molecule has 0 aliphatic carbocycles. The van der Waals surface area contributed by atoms with Crippen LogP contribution in [0.15, 0.2) is 66.7 Å². The molecule has 3 aromatic rings. The van der Waals surface area contributed by atoms with Crippen molar-refractivity contribution in [3.05, 3.63) is 77.9 Å². The van der Waals surface area contributed by atoms with E-state index < -0.39 is 6.10 Å². The molecule has 2 aromatic carbocycles. The molecule has 0 saturated heterocycles. The highest BCUT2D eigenvalue weighted by molar-refractivity contribution is 5.85. The van der Waals surface area contributed by atoms with Gasteiger partial charge in [-0.1, -0.05) is 42.5 Å². The van der Waals surface area contributed by atoms with Crippen LogP contribution in [0.5, 0.6) is 0 Å². The van der Waals surface area contributed by atoms with E-state index in [2.05, 4.69) is 17.5 Å². The van der Waals surface area contributed by atoms with Gasteiger partial charge in [0.05, 0.1) is 35.0 Å². The van der Waals surface area contributed by atoms with Gasteiger partial charge in [-0.05, 0) is 42.8 Å². The molecule has 0 amide bonds. The molecular formula is C22H19N3O. The number of aliphatic hydroxyl groups excluding tert-OH is 1. The summed E-state index contributed by atoms with van der Waals surface area (Å²) in [5, 5.41) is 24.3. The third-order valence-electron chi connectivity index (χ3n) is 4.75. The van der Waals surface area contributed by atoms with E-state index in [9.17, 15) is 5.11 Å². The van der Waals surface area contributed by atoms with E-state index in [1.807, 2.05) is 48.5 Å². The topological polar surface area (TPSA) is 68.9 Å². The van der Waals surface area contributed by atoms with Gasteiger partial charge in [0.2, 0.25) is 0 Å². The number of para-hydroxylation sites is 1. The van der Waals surface area contributed by atoms with Crippen LogP contribution in [0.2, 0.25) is 0 Å². The Morgan fingerprint density at radius 1 is 1.15 bits per heavy atom. The molecule has 0 spiro atoms. The van der Waals surface area contributed by atoms with Crippen LogP contribution in [0.1, 0.15) is 23.7 Å². The normalized spacial score (nSPS) is 17.8. The van der Waals surface area contributed by atoms with E-state index in [1.165, 1.54) is 0 Å². The maximum absolute atomic E-state index is 11.0. The molecule has 4 nitrogen and oxygen atoms in total. The van der Waals surface area contributed by atoms with Crippen molar-refractivity contribution in [1.29, 1.82) is 5.26 Å². The Morgan fingerprint density at radius 3 is 2.69 bits per heavy atom. The van der Waals surface area contributed by atoms with Crippen LogP contribution >= 0.6 is 0 Å². The number of pyridine rings is 1. The summed E-state index contributed by atoms with van der Waals surface area (Å²) in [5.74, 6) is 0. The minimum absolute atomic E-state index is 0.108. The number of nitriles is 1. The van der Waals surface area contributed by atoms with Crippen molar-refractivity contribution in [2.24, 2.45) is 0 Å². The number of rotatable bonds is 3. The summed E-state index contributed by atoms with van der Waals surface area (Å²) in [4.78, 5) is 4.76. The second kappa shape index (κ2) is 7.09. The molecule has 1 aliphatic heterocycles. The lowest BCUT2D eigenvalue weighted by Gasteiger charge is -2.25. The first-order chi connectivity index (χ1) is 12.8. The van der Waals surface area contributed by atoms with Crippen LogP contribution in [-0.2, 0) is 0 Å².